The number of ether oxygens (including phenoxy) is 1. The Balaban J connectivity index is 1.97. The number of amides is 1. The second-order valence-corrected chi connectivity index (χ2v) is 8.51. The maximum absolute atomic E-state index is 13.2. The Kier molecular flexibility index (Phi) is 6.16. The molecule has 2 N–H and O–H groups in total. The summed E-state index contributed by atoms with van der Waals surface area (Å²) in [5.41, 5.74) is 0.999. The molecule has 174 valence electrons. The molecule has 0 radical (unpaired) electrons. The normalized spacial score (nSPS) is 17.3. The van der Waals surface area contributed by atoms with Crippen molar-refractivity contribution in [2.45, 2.75) is 26.8 Å². The number of anilines is 1. The Morgan fingerprint density at radius 2 is 1.91 bits per heavy atom. The van der Waals surface area contributed by atoms with Crippen LogP contribution in [0.5, 0.6) is 11.5 Å². The predicted octanol–water partition coefficient (Wildman–Crippen LogP) is 3.78. The number of aliphatic hydroxyl groups excluding tert-OH is 1. The van der Waals surface area contributed by atoms with E-state index in [0.717, 1.165) is 11.3 Å². The monoisotopic (exact) mass is 479 g/mol. The zero-order valence-corrected chi connectivity index (χ0v) is 19.4. The smallest absolute Gasteiger partial charge is 0.301 e. The third-order valence-electron chi connectivity index (χ3n) is 5.31. The van der Waals surface area contributed by atoms with Crippen LogP contribution in [0.4, 0.5) is 5.13 Å². The summed E-state index contributed by atoms with van der Waals surface area (Å²) in [6.45, 7) is 5.08. The molecule has 1 aromatic carbocycles. The molecule has 1 aliphatic heterocycles. The molecule has 10 heteroatoms. The van der Waals surface area contributed by atoms with E-state index in [1.54, 1.807) is 13.8 Å². The molecule has 4 rings (SSSR count). The fourth-order valence-electron chi connectivity index (χ4n) is 3.79. The van der Waals surface area contributed by atoms with Gasteiger partial charge in [-0.2, -0.15) is 0 Å². The topological polar surface area (TPSA) is 130 Å². The number of thiazole rings is 1. The van der Waals surface area contributed by atoms with Crippen molar-refractivity contribution in [2.24, 2.45) is 0 Å². The minimum atomic E-state index is -1.07. The van der Waals surface area contributed by atoms with Crippen LogP contribution in [0.3, 0.4) is 0 Å². The van der Waals surface area contributed by atoms with E-state index in [1.165, 1.54) is 54.5 Å². The zero-order chi connectivity index (χ0) is 24.6. The first-order valence-corrected chi connectivity index (χ1v) is 11.2. The number of hydrogen-bond acceptors (Lipinski definition) is 9. The van der Waals surface area contributed by atoms with Gasteiger partial charge in [-0.25, -0.2) is 4.98 Å². The van der Waals surface area contributed by atoms with Crippen LogP contribution in [-0.2, 0) is 9.59 Å². The molecular formula is C24H21N3O6S. The molecule has 1 atom stereocenters. The van der Waals surface area contributed by atoms with Gasteiger partial charge < -0.3 is 14.9 Å². The number of benzene rings is 1. The van der Waals surface area contributed by atoms with Crippen LogP contribution in [0.25, 0.3) is 5.76 Å². The van der Waals surface area contributed by atoms with Gasteiger partial charge in [-0.15, -0.1) is 0 Å². The number of rotatable bonds is 6. The van der Waals surface area contributed by atoms with E-state index < -0.39 is 17.7 Å². The van der Waals surface area contributed by atoms with Crippen molar-refractivity contribution >= 4 is 39.7 Å². The summed E-state index contributed by atoms with van der Waals surface area (Å²) in [4.78, 5) is 48.2. The Morgan fingerprint density at radius 3 is 2.53 bits per heavy atom. The van der Waals surface area contributed by atoms with Gasteiger partial charge in [-0.1, -0.05) is 17.4 Å². The van der Waals surface area contributed by atoms with Crippen molar-refractivity contribution in [1.29, 1.82) is 0 Å². The molecule has 1 amide bonds. The van der Waals surface area contributed by atoms with E-state index in [2.05, 4.69) is 9.97 Å². The van der Waals surface area contributed by atoms with E-state index in [9.17, 15) is 24.6 Å². The number of aromatic hydroxyl groups is 1. The van der Waals surface area contributed by atoms with Crippen LogP contribution in [0, 0.1) is 6.92 Å². The summed E-state index contributed by atoms with van der Waals surface area (Å²) in [5.74, 6) is -2.33. The SMILES string of the molecule is CCOc1cc(C2/C(=C(\O)c3ccncc3)C(=O)C(=O)N2c2nc(C)c(C(C)=O)s2)ccc1O. The Hall–Kier alpha value is -4.05. The van der Waals surface area contributed by atoms with Gasteiger partial charge in [0.15, 0.2) is 22.4 Å². The molecule has 1 aliphatic rings. The third kappa shape index (κ3) is 3.92. The quantitative estimate of drug-likeness (QED) is 0.236. The standard InChI is InChI=1S/C24H21N3O6S/c1-4-33-17-11-15(5-6-16(17)29)19-18(20(30)14-7-9-25-10-8-14)21(31)23(32)27(19)24-26-12(2)22(34-24)13(3)28/h5-11,19,29-30H,4H2,1-3H3/b20-18+. The van der Waals surface area contributed by atoms with Gasteiger partial charge in [0.25, 0.3) is 5.78 Å². The van der Waals surface area contributed by atoms with E-state index in [-0.39, 0.29) is 40.4 Å². The van der Waals surface area contributed by atoms with E-state index in [4.69, 9.17) is 4.74 Å². The van der Waals surface area contributed by atoms with Gasteiger partial charge in [0.2, 0.25) is 0 Å². The van der Waals surface area contributed by atoms with Crippen molar-refractivity contribution in [2.75, 3.05) is 11.5 Å². The highest BCUT2D eigenvalue weighted by atomic mass is 32.1. The van der Waals surface area contributed by atoms with Gasteiger partial charge in [0.05, 0.1) is 28.8 Å². The Morgan fingerprint density at radius 1 is 1.21 bits per heavy atom. The molecular weight excluding hydrogens is 458 g/mol. The van der Waals surface area contributed by atoms with Gasteiger partial charge >= 0.3 is 5.91 Å². The molecule has 1 saturated heterocycles. The number of aryl methyl sites for hydroxylation is 1. The van der Waals surface area contributed by atoms with Crippen LogP contribution in [0.15, 0.2) is 48.3 Å². The molecule has 1 fully saturated rings. The van der Waals surface area contributed by atoms with Crippen LogP contribution in [0.2, 0.25) is 0 Å². The maximum atomic E-state index is 13.2. The molecule has 34 heavy (non-hydrogen) atoms. The fraction of sp³-hybridized carbons (Fsp3) is 0.208. The van der Waals surface area contributed by atoms with Crippen molar-refractivity contribution in [3.8, 4) is 11.5 Å². The average molecular weight is 480 g/mol. The number of pyridine rings is 1. The summed E-state index contributed by atoms with van der Waals surface area (Å²) in [7, 11) is 0. The average Bonchev–Trinajstić information content (AvgIpc) is 3.33. The minimum Gasteiger partial charge on any atom is -0.507 e. The highest BCUT2D eigenvalue weighted by Crippen LogP contribution is 2.45. The van der Waals surface area contributed by atoms with E-state index >= 15 is 0 Å². The molecule has 0 aliphatic carbocycles. The lowest BCUT2D eigenvalue weighted by atomic mass is 9.95. The summed E-state index contributed by atoms with van der Waals surface area (Å²) >= 11 is 0.994. The number of ketones is 2. The molecule has 2 aromatic heterocycles. The second-order valence-electron chi connectivity index (χ2n) is 7.53. The first kappa shape index (κ1) is 23.1. The molecule has 1 unspecified atom stereocenters. The van der Waals surface area contributed by atoms with Crippen molar-refractivity contribution in [1.82, 2.24) is 9.97 Å². The zero-order valence-electron chi connectivity index (χ0n) is 18.6. The van der Waals surface area contributed by atoms with Gasteiger partial charge in [-0.3, -0.25) is 24.3 Å². The largest absolute Gasteiger partial charge is 0.507 e. The van der Waals surface area contributed by atoms with Crippen LogP contribution < -0.4 is 9.64 Å². The number of aliphatic hydroxyl groups is 1. The lowest BCUT2D eigenvalue weighted by Gasteiger charge is -2.23. The van der Waals surface area contributed by atoms with Crippen LogP contribution in [-0.4, -0.2) is 44.3 Å². The first-order valence-electron chi connectivity index (χ1n) is 10.4. The molecule has 0 bridgehead atoms. The molecule has 9 nitrogen and oxygen atoms in total. The number of hydrogen-bond donors (Lipinski definition) is 2. The lowest BCUT2D eigenvalue weighted by Crippen LogP contribution is -2.29. The molecule has 3 heterocycles. The third-order valence-corrected chi connectivity index (χ3v) is 6.57. The number of aromatic nitrogens is 2. The lowest BCUT2D eigenvalue weighted by molar-refractivity contribution is -0.132. The second kappa shape index (κ2) is 9.06. The molecule has 0 spiro atoms. The summed E-state index contributed by atoms with van der Waals surface area (Å²) in [6.07, 6.45) is 2.91. The predicted molar refractivity (Wildman–Crippen MR) is 125 cm³/mol. The summed E-state index contributed by atoms with van der Waals surface area (Å²) in [6, 6.07) is 6.40. The highest BCUT2D eigenvalue weighted by molar-refractivity contribution is 7.18. The number of Topliss-reactive ketones (excluding diaryl/α,β-unsaturated/α-hetero) is 2. The van der Waals surface area contributed by atoms with E-state index in [1.807, 2.05) is 0 Å². The Bertz CT molecular complexity index is 1330. The van der Waals surface area contributed by atoms with Crippen molar-refractivity contribution < 1.29 is 29.3 Å². The summed E-state index contributed by atoms with van der Waals surface area (Å²) < 4.78 is 5.48. The number of nitrogens with zero attached hydrogens (tertiary/aromatic N) is 3. The van der Waals surface area contributed by atoms with Crippen molar-refractivity contribution in [3.63, 3.8) is 0 Å². The molecule has 0 saturated carbocycles. The first-order chi connectivity index (χ1) is 16.2. The fourth-order valence-corrected chi connectivity index (χ4v) is 4.78. The van der Waals surface area contributed by atoms with E-state index in [0.29, 0.717) is 21.7 Å². The van der Waals surface area contributed by atoms with Gasteiger partial charge in [0, 0.05) is 24.9 Å². The van der Waals surface area contributed by atoms with Gasteiger partial charge in [0.1, 0.15) is 5.76 Å². The number of phenolic OH excluding ortho intramolecular Hbond substituents is 1. The Labute approximate surface area is 199 Å². The number of phenols is 1. The number of carbonyl (C=O) groups is 3. The minimum absolute atomic E-state index is 0.111. The maximum Gasteiger partial charge on any atom is 0.301 e. The van der Waals surface area contributed by atoms with Crippen molar-refractivity contribution in [3.05, 3.63) is 70.0 Å². The number of carbonyl (C=O) groups excluding carboxylic acids is 3. The van der Waals surface area contributed by atoms with Crippen LogP contribution in [0.1, 0.15) is 46.4 Å². The van der Waals surface area contributed by atoms with Crippen LogP contribution >= 0.6 is 11.3 Å². The summed E-state index contributed by atoms with van der Waals surface area (Å²) in [5, 5.41) is 21.4. The molecule has 3 aromatic rings. The van der Waals surface area contributed by atoms with Gasteiger partial charge in [-0.05, 0) is 43.7 Å². The highest BCUT2D eigenvalue weighted by Gasteiger charge is 2.48.